The number of hydrogen-bond donors (Lipinski definition) is 0. The van der Waals surface area contributed by atoms with E-state index in [-0.39, 0.29) is 11.7 Å². The van der Waals surface area contributed by atoms with Gasteiger partial charge in [0.2, 0.25) is 5.91 Å². The highest BCUT2D eigenvalue weighted by molar-refractivity contribution is 5.94. The molecule has 4 heteroatoms. The molecule has 0 saturated carbocycles. The largest absolute Gasteiger partial charge is 0.494 e. The molecule has 1 aromatic carbocycles. The fourth-order valence-electron chi connectivity index (χ4n) is 2.81. The SMILES string of the molecule is CC(=O)c1ccc(OCCCC(=O)N2CCCC[C@@H]2C)cc1. The number of rotatable bonds is 6. The molecule has 0 spiro atoms. The lowest BCUT2D eigenvalue weighted by molar-refractivity contribution is -0.134. The van der Waals surface area contributed by atoms with Gasteiger partial charge in [-0.15, -0.1) is 0 Å². The third-order valence-corrected chi connectivity index (χ3v) is 4.19. The number of likely N-dealkylation sites (tertiary alicyclic amines) is 1. The van der Waals surface area contributed by atoms with Gasteiger partial charge >= 0.3 is 0 Å². The van der Waals surface area contributed by atoms with Crippen molar-refractivity contribution in [2.45, 2.75) is 52.0 Å². The van der Waals surface area contributed by atoms with Crippen LogP contribution in [-0.2, 0) is 4.79 Å². The molecule has 0 N–H and O–H groups in total. The Hall–Kier alpha value is -1.84. The van der Waals surface area contributed by atoms with Crippen molar-refractivity contribution in [3.8, 4) is 5.75 Å². The van der Waals surface area contributed by atoms with Gasteiger partial charge in [-0.1, -0.05) is 0 Å². The molecule has 1 saturated heterocycles. The first-order chi connectivity index (χ1) is 10.6. The minimum atomic E-state index is 0.0489. The van der Waals surface area contributed by atoms with E-state index in [0.717, 1.165) is 31.6 Å². The molecule has 1 atom stereocenters. The highest BCUT2D eigenvalue weighted by atomic mass is 16.5. The van der Waals surface area contributed by atoms with Gasteiger partial charge < -0.3 is 9.64 Å². The molecule has 0 radical (unpaired) electrons. The minimum Gasteiger partial charge on any atom is -0.494 e. The number of hydrogen-bond acceptors (Lipinski definition) is 3. The summed E-state index contributed by atoms with van der Waals surface area (Å²) in [5, 5.41) is 0. The van der Waals surface area contributed by atoms with Gasteiger partial charge in [-0.25, -0.2) is 0 Å². The lowest BCUT2D eigenvalue weighted by atomic mass is 10.0. The second-order valence-electron chi connectivity index (χ2n) is 5.96. The molecule has 1 fully saturated rings. The molecular weight excluding hydrogens is 278 g/mol. The Balaban J connectivity index is 1.70. The van der Waals surface area contributed by atoms with Crippen molar-refractivity contribution in [2.75, 3.05) is 13.2 Å². The number of piperidine rings is 1. The molecule has 2 rings (SSSR count). The van der Waals surface area contributed by atoms with E-state index in [1.165, 1.54) is 6.42 Å². The molecule has 120 valence electrons. The van der Waals surface area contributed by atoms with Gasteiger partial charge in [0.05, 0.1) is 6.61 Å². The Morgan fingerprint density at radius 2 is 1.95 bits per heavy atom. The van der Waals surface area contributed by atoms with Crippen LogP contribution in [0.25, 0.3) is 0 Å². The van der Waals surface area contributed by atoms with Crippen LogP contribution in [0.3, 0.4) is 0 Å². The summed E-state index contributed by atoms with van der Waals surface area (Å²) in [5.41, 5.74) is 0.682. The second kappa shape index (κ2) is 7.97. The molecule has 1 aliphatic heterocycles. The molecule has 1 aromatic rings. The third kappa shape index (κ3) is 4.58. The van der Waals surface area contributed by atoms with E-state index in [1.807, 2.05) is 4.90 Å². The minimum absolute atomic E-state index is 0.0489. The van der Waals surface area contributed by atoms with E-state index < -0.39 is 0 Å². The van der Waals surface area contributed by atoms with Crippen molar-refractivity contribution in [1.82, 2.24) is 4.90 Å². The Bertz CT molecular complexity index is 510. The van der Waals surface area contributed by atoms with Gasteiger partial charge in [-0.2, -0.15) is 0 Å². The Morgan fingerprint density at radius 3 is 2.59 bits per heavy atom. The maximum atomic E-state index is 12.2. The number of ketones is 1. The Morgan fingerprint density at radius 1 is 1.23 bits per heavy atom. The summed E-state index contributed by atoms with van der Waals surface area (Å²) in [6.45, 7) is 5.09. The van der Waals surface area contributed by atoms with Crippen molar-refractivity contribution in [2.24, 2.45) is 0 Å². The summed E-state index contributed by atoms with van der Waals surface area (Å²) in [6.07, 6.45) is 4.72. The second-order valence-corrected chi connectivity index (χ2v) is 5.96. The van der Waals surface area contributed by atoms with Crippen LogP contribution in [0.5, 0.6) is 5.75 Å². The van der Waals surface area contributed by atoms with E-state index in [9.17, 15) is 9.59 Å². The lowest BCUT2D eigenvalue weighted by Gasteiger charge is -2.33. The first-order valence-electron chi connectivity index (χ1n) is 8.11. The number of carbonyl (C=O) groups excluding carboxylic acids is 2. The van der Waals surface area contributed by atoms with Crippen LogP contribution >= 0.6 is 0 Å². The van der Waals surface area contributed by atoms with Gasteiger partial charge in [0.25, 0.3) is 0 Å². The lowest BCUT2D eigenvalue weighted by Crippen LogP contribution is -2.42. The van der Waals surface area contributed by atoms with Gasteiger partial charge in [0.15, 0.2) is 5.78 Å². The van der Waals surface area contributed by atoms with Crippen LogP contribution in [0.2, 0.25) is 0 Å². The molecule has 0 bridgehead atoms. The summed E-state index contributed by atoms with van der Waals surface area (Å²) >= 11 is 0. The molecule has 1 heterocycles. The first kappa shape index (κ1) is 16.5. The molecule has 0 aromatic heterocycles. The van der Waals surface area contributed by atoms with E-state index in [0.29, 0.717) is 24.6 Å². The third-order valence-electron chi connectivity index (χ3n) is 4.19. The van der Waals surface area contributed by atoms with E-state index >= 15 is 0 Å². The fraction of sp³-hybridized carbons (Fsp3) is 0.556. The van der Waals surface area contributed by atoms with E-state index in [1.54, 1.807) is 31.2 Å². The zero-order valence-electron chi connectivity index (χ0n) is 13.5. The molecule has 0 unspecified atom stereocenters. The van der Waals surface area contributed by atoms with Crippen molar-refractivity contribution in [1.29, 1.82) is 0 Å². The summed E-state index contributed by atoms with van der Waals surface area (Å²) in [5.74, 6) is 1.03. The van der Waals surface area contributed by atoms with Gasteiger partial charge in [-0.05, 0) is 63.8 Å². The number of nitrogens with zero attached hydrogens (tertiary/aromatic N) is 1. The predicted molar refractivity (Wildman–Crippen MR) is 86.2 cm³/mol. The van der Waals surface area contributed by atoms with Gasteiger partial charge in [0.1, 0.15) is 5.75 Å². The van der Waals surface area contributed by atoms with Crippen LogP contribution in [0, 0.1) is 0 Å². The smallest absolute Gasteiger partial charge is 0.222 e. The number of Topliss-reactive ketones (excluding diaryl/α,β-unsaturated/α-hetero) is 1. The van der Waals surface area contributed by atoms with E-state index in [4.69, 9.17) is 4.74 Å². The topological polar surface area (TPSA) is 46.6 Å². The van der Waals surface area contributed by atoms with Crippen LogP contribution in [0.1, 0.15) is 56.3 Å². The molecular formula is C18H25NO3. The number of carbonyl (C=O) groups is 2. The van der Waals surface area contributed by atoms with Crippen LogP contribution in [0.4, 0.5) is 0 Å². The van der Waals surface area contributed by atoms with Crippen LogP contribution in [-0.4, -0.2) is 35.8 Å². The number of amides is 1. The normalized spacial score (nSPS) is 18.1. The van der Waals surface area contributed by atoms with E-state index in [2.05, 4.69) is 6.92 Å². The highest BCUT2D eigenvalue weighted by Crippen LogP contribution is 2.18. The molecule has 1 amide bonds. The van der Waals surface area contributed by atoms with Crippen molar-refractivity contribution in [3.63, 3.8) is 0 Å². The number of ether oxygens (including phenoxy) is 1. The Kier molecular flexibility index (Phi) is 5.99. The van der Waals surface area contributed by atoms with Gasteiger partial charge in [-0.3, -0.25) is 9.59 Å². The molecule has 4 nitrogen and oxygen atoms in total. The van der Waals surface area contributed by atoms with Crippen molar-refractivity contribution >= 4 is 11.7 Å². The highest BCUT2D eigenvalue weighted by Gasteiger charge is 2.22. The maximum absolute atomic E-state index is 12.2. The van der Waals surface area contributed by atoms with Crippen molar-refractivity contribution < 1.29 is 14.3 Å². The summed E-state index contributed by atoms with van der Waals surface area (Å²) < 4.78 is 5.62. The predicted octanol–water partition coefficient (Wildman–Crippen LogP) is 3.45. The molecule has 1 aliphatic rings. The van der Waals surface area contributed by atoms with Crippen LogP contribution < -0.4 is 4.74 Å². The summed E-state index contributed by atoms with van der Waals surface area (Å²) in [7, 11) is 0. The average molecular weight is 303 g/mol. The monoisotopic (exact) mass is 303 g/mol. The maximum Gasteiger partial charge on any atom is 0.222 e. The van der Waals surface area contributed by atoms with Crippen molar-refractivity contribution in [3.05, 3.63) is 29.8 Å². The average Bonchev–Trinajstić information content (AvgIpc) is 2.52. The standard InChI is InChI=1S/C18H25NO3/c1-14-6-3-4-12-19(14)18(21)7-5-13-22-17-10-8-16(9-11-17)15(2)20/h8-11,14H,3-7,12-13H2,1-2H3/t14-/m0/s1. The number of benzene rings is 1. The zero-order valence-corrected chi connectivity index (χ0v) is 13.5. The summed E-state index contributed by atoms with van der Waals surface area (Å²) in [4.78, 5) is 25.4. The summed E-state index contributed by atoms with van der Waals surface area (Å²) in [6, 6.07) is 7.49. The molecule has 0 aliphatic carbocycles. The fourth-order valence-corrected chi connectivity index (χ4v) is 2.81. The zero-order chi connectivity index (χ0) is 15.9. The van der Waals surface area contributed by atoms with Crippen LogP contribution in [0.15, 0.2) is 24.3 Å². The quantitative estimate of drug-likeness (QED) is 0.597. The molecule has 22 heavy (non-hydrogen) atoms. The van der Waals surface area contributed by atoms with Gasteiger partial charge in [0, 0.05) is 24.6 Å². The first-order valence-corrected chi connectivity index (χ1v) is 8.11. The Labute approximate surface area is 132 Å².